The number of hydrogen-bond acceptors (Lipinski definition) is 4. The second-order valence-corrected chi connectivity index (χ2v) is 8.48. The maximum absolute atomic E-state index is 13.1. The summed E-state index contributed by atoms with van der Waals surface area (Å²) >= 11 is 0. The normalized spacial score (nSPS) is 19.9. The van der Waals surface area contributed by atoms with E-state index in [9.17, 15) is 14.7 Å². The number of β-amino-alcohol motifs (C(OH)–C–C–N with tert-alkyl or cyclic N) is 1. The van der Waals surface area contributed by atoms with Crippen LogP contribution < -0.4 is 10.1 Å². The lowest BCUT2D eigenvalue weighted by Crippen LogP contribution is -2.42. The van der Waals surface area contributed by atoms with Gasteiger partial charge in [-0.2, -0.15) is 0 Å². The number of carbonyl (C=O) groups excluding carboxylic acids is 2. The summed E-state index contributed by atoms with van der Waals surface area (Å²) in [4.78, 5) is 26.6. The molecule has 2 aromatic rings. The number of amides is 3. The number of imide groups is 1. The van der Waals surface area contributed by atoms with Crippen LogP contribution in [0.3, 0.4) is 0 Å². The Balaban J connectivity index is 1.67. The lowest BCUT2D eigenvalue weighted by molar-refractivity contribution is -0.132. The maximum atomic E-state index is 13.1. The van der Waals surface area contributed by atoms with Gasteiger partial charge in [-0.1, -0.05) is 50.2 Å². The van der Waals surface area contributed by atoms with Crippen molar-refractivity contribution in [2.24, 2.45) is 0 Å². The average Bonchev–Trinajstić information content (AvgIpc) is 2.92. The molecular weight excluding hydrogens is 380 g/mol. The van der Waals surface area contributed by atoms with E-state index in [4.69, 9.17) is 4.74 Å². The summed E-state index contributed by atoms with van der Waals surface area (Å²) in [6.45, 7) is 9.64. The Kier molecular flexibility index (Phi) is 6.17. The predicted octanol–water partition coefficient (Wildman–Crippen LogP) is 3.63. The van der Waals surface area contributed by atoms with Gasteiger partial charge in [0.25, 0.3) is 5.91 Å². The van der Waals surface area contributed by atoms with Gasteiger partial charge in [-0.3, -0.25) is 9.69 Å². The van der Waals surface area contributed by atoms with Gasteiger partial charge in [-0.15, -0.1) is 0 Å². The zero-order valence-electron chi connectivity index (χ0n) is 18.2. The topological polar surface area (TPSA) is 78.9 Å². The van der Waals surface area contributed by atoms with Crippen molar-refractivity contribution in [1.82, 2.24) is 10.2 Å². The van der Waals surface area contributed by atoms with Crippen LogP contribution in [0, 0.1) is 13.8 Å². The van der Waals surface area contributed by atoms with Crippen LogP contribution in [0.25, 0.3) is 0 Å². The van der Waals surface area contributed by atoms with Gasteiger partial charge in [-0.05, 0) is 55.0 Å². The first-order chi connectivity index (χ1) is 14.1. The van der Waals surface area contributed by atoms with Crippen molar-refractivity contribution in [3.8, 4) is 5.75 Å². The van der Waals surface area contributed by atoms with E-state index in [0.29, 0.717) is 17.2 Å². The van der Waals surface area contributed by atoms with Gasteiger partial charge in [0.2, 0.25) is 0 Å². The van der Waals surface area contributed by atoms with Crippen LogP contribution in [0.5, 0.6) is 5.75 Å². The molecule has 1 aliphatic rings. The number of nitrogens with zero attached hydrogens (tertiary/aromatic N) is 1. The number of carbonyl (C=O) groups is 2. The molecule has 1 heterocycles. The van der Waals surface area contributed by atoms with Crippen molar-refractivity contribution in [2.45, 2.75) is 52.2 Å². The fourth-order valence-electron chi connectivity index (χ4n) is 3.57. The minimum absolute atomic E-state index is 0.0127. The van der Waals surface area contributed by atoms with Gasteiger partial charge in [-0.25, -0.2) is 4.79 Å². The summed E-state index contributed by atoms with van der Waals surface area (Å²) < 4.78 is 5.71. The highest BCUT2D eigenvalue weighted by molar-refractivity contribution is 6.07. The Bertz CT molecular complexity index is 939. The zero-order chi connectivity index (χ0) is 22.1. The highest BCUT2D eigenvalue weighted by Crippen LogP contribution is 2.30. The Morgan fingerprint density at radius 2 is 1.77 bits per heavy atom. The Morgan fingerprint density at radius 3 is 2.40 bits per heavy atom. The average molecular weight is 411 g/mol. The number of benzene rings is 2. The molecule has 0 aliphatic carbocycles. The van der Waals surface area contributed by atoms with E-state index in [1.54, 1.807) is 6.92 Å². The first-order valence-corrected chi connectivity index (χ1v) is 10.2. The first kappa shape index (κ1) is 21.8. The van der Waals surface area contributed by atoms with Gasteiger partial charge in [0.1, 0.15) is 24.0 Å². The van der Waals surface area contributed by atoms with Crippen molar-refractivity contribution in [1.29, 1.82) is 0 Å². The molecule has 3 amide bonds. The molecule has 0 bridgehead atoms. The van der Waals surface area contributed by atoms with Crippen LogP contribution in [-0.4, -0.2) is 41.2 Å². The summed E-state index contributed by atoms with van der Waals surface area (Å²) in [5.41, 5.74) is 2.74. The number of hydrogen-bond donors (Lipinski definition) is 2. The summed E-state index contributed by atoms with van der Waals surface area (Å²) in [5.74, 6) is 0.682. The fraction of sp³-hybridized carbons (Fsp3) is 0.417. The highest BCUT2D eigenvalue weighted by Gasteiger charge is 2.49. The molecule has 2 aromatic carbocycles. The molecule has 2 atom stereocenters. The maximum Gasteiger partial charge on any atom is 0.325 e. The summed E-state index contributed by atoms with van der Waals surface area (Å²) in [6.07, 6.45) is -0.995. The molecule has 2 unspecified atom stereocenters. The van der Waals surface area contributed by atoms with E-state index in [2.05, 4.69) is 19.2 Å². The molecule has 6 nitrogen and oxygen atoms in total. The van der Waals surface area contributed by atoms with E-state index >= 15 is 0 Å². The van der Waals surface area contributed by atoms with Crippen LogP contribution in [0.15, 0.2) is 42.5 Å². The molecule has 6 heteroatoms. The van der Waals surface area contributed by atoms with E-state index in [0.717, 1.165) is 21.6 Å². The Labute approximate surface area is 177 Å². The number of aliphatic hydroxyl groups is 1. The molecule has 2 N–H and O–H groups in total. The van der Waals surface area contributed by atoms with E-state index in [1.807, 2.05) is 56.3 Å². The summed E-state index contributed by atoms with van der Waals surface area (Å²) in [6, 6.07) is 13.0. The quantitative estimate of drug-likeness (QED) is 0.683. The molecule has 0 spiro atoms. The van der Waals surface area contributed by atoms with Crippen molar-refractivity contribution >= 4 is 11.9 Å². The van der Waals surface area contributed by atoms with Crippen molar-refractivity contribution in [3.63, 3.8) is 0 Å². The molecule has 0 aromatic heterocycles. The number of aryl methyl sites for hydroxylation is 2. The molecule has 1 aliphatic heterocycles. The minimum Gasteiger partial charge on any atom is -0.491 e. The third-order valence-electron chi connectivity index (χ3n) is 5.60. The van der Waals surface area contributed by atoms with Gasteiger partial charge in [0, 0.05) is 0 Å². The summed E-state index contributed by atoms with van der Waals surface area (Å²) in [7, 11) is 0. The SMILES string of the molecule is Cc1ccc(C)c(OCC(O)CN2C(=O)NC(C)(c3ccc(C(C)C)cc3)C2=O)c1. The predicted molar refractivity (Wildman–Crippen MR) is 116 cm³/mol. The second-order valence-electron chi connectivity index (χ2n) is 8.48. The third-order valence-corrected chi connectivity index (χ3v) is 5.60. The molecule has 0 saturated carbocycles. The molecule has 160 valence electrons. The van der Waals surface area contributed by atoms with E-state index < -0.39 is 17.7 Å². The lowest BCUT2D eigenvalue weighted by atomic mass is 9.90. The molecule has 30 heavy (non-hydrogen) atoms. The summed E-state index contributed by atoms with van der Waals surface area (Å²) in [5, 5.41) is 13.2. The van der Waals surface area contributed by atoms with Crippen LogP contribution in [0.2, 0.25) is 0 Å². The largest absolute Gasteiger partial charge is 0.491 e. The monoisotopic (exact) mass is 410 g/mol. The number of rotatable bonds is 7. The van der Waals surface area contributed by atoms with Gasteiger partial charge < -0.3 is 15.2 Å². The first-order valence-electron chi connectivity index (χ1n) is 10.2. The molecule has 3 rings (SSSR count). The zero-order valence-corrected chi connectivity index (χ0v) is 18.2. The fourth-order valence-corrected chi connectivity index (χ4v) is 3.57. The number of urea groups is 1. The molecular formula is C24H30N2O4. The Morgan fingerprint density at radius 1 is 1.10 bits per heavy atom. The van der Waals surface area contributed by atoms with Crippen LogP contribution in [-0.2, 0) is 10.3 Å². The number of nitrogens with one attached hydrogen (secondary N) is 1. The lowest BCUT2D eigenvalue weighted by Gasteiger charge is -2.23. The third kappa shape index (κ3) is 4.33. The minimum atomic E-state index is -1.15. The van der Waals surface area contributed by atoms with Gasteiger partial charge >= 0.3 is 6.03 Å². The van der Waals surface area contributed by atoms with Crippen LogP contribution in [0.1, 0.15) is 48.9 Å². The molecule has 1 fully saturated rings. The van der Waals surface area contributed by atoms with Crippen molar-refractivity contribution in [3.05, 3.63) is 64.7 Å². The van der Waals surface area contributed by atoms with Crippen LogP contribution in [0.4, 0.5) is 4.79 Å². The van der Waals surface area contributed by atoms with Crippen LogP contribution >= 0.6 is 0 Å². The van der Waals surface area contributed by atoms with E-state index in [1.165, 1.54) is 0 Å². The van der Waals surface area contributed by atoms with E-state index in [-0.39, 0.29) is 19.1 Å². The molecule has 0 radical (unpaired) electrons. The Hall–Kier alpha value is -2.86. The highest BCUT2D eigenvalue weighted by atomic mass is 16.5. The standard InChI is InChI=1S/C24H30N2O4/c1-15(2)18-8-10-19(11-9-18)24(5)22(28)26(23(29)25-24)13-20(27)14-30-21-12-16(3)6-7-17(21)4/h6-12,15,20,27H,13-14H2,1-5H3,(H,25,29). The number of aliphatic hydroxyl groups excluding tert-OH is 1. The second kappa shape index (κ2) is 8.48. The van der Waals surface area contributed by atoms with Crippen molar-refractivity contribution < 1.29 is 19.4 Å². The molecule has 1 saturated heterocycles. The van der Waals surface area contributed by atoms with Crippen molar-refractivity contribution in [2.75, 3.05) is 13.2 Å². The van der Waals surface area contributed by atoms with Gasteiger partial charge in [0.05, 0.1) is 6.54 Å². The van der Waals surface area contributed by atoms with Gasteiger partial charge in [0.15, 0.2) is 0 Å². The smallest absolute Gasteiger partial charge is 0.325 e. The number of ether oxygens (including phenoxy) is 1.